The molecule has 0 aliphatic rings. The maximum absolute atomic E-state index is 7.39. The van der Waals surface area contributed by atoms with E-state index in [1.165, 1.54) is 24.2 Å². The molecule has 0 heterocycles. The molecule has 0 radical (unpaired) electrons. The second-order valence-electron chi connectivity index (χ2n) is 6.76. The molecule has 0 saturated carbocycles. The molecule has 0 aliphatic heterocycles. The lowest BCUT2D eigenvalue weighted by Gasteiger charge is -2.06. The molecule has 0 atom stereocenters. The highest BCUT2D eigenvalue weighted by Crippen LogP contribution is 2.19. The molecule has 0 aromatic heterocycles. The highest BCUT2D eigenvalue weighted by atomic mass is 32.2. The van der Waals surface area contributed by atoms with Gasteiger partial charge >= 0.3 is 0 Å². The Hall–Kier alpha value is -2.42. The Kier molecular flexibility index (Phi) is 13.2. The van der Waals surface area contributed by atoms with Gasteiger partial charge in [0.05, 0.1) is 0 Å². The molecule has 9 heteroatoms. The van der Waals surface area contributed by atoms with Gasteiger partial charge in [0.1, 0.15) is 5.84 Å². The number of nitrogens with two attached hydrogens (primary N) is 4. The van der Waals surface area contributed by atoms with Crippen molar-refractivity contribution in [1.29, 1.82) is 5.41 Å². The summed E-state index contributed by atoms with van der Waals surface area (Å²) in [6.45, 7) is 2.30. The van der Waals surface area contributed by atoms with Crippen molar-refractivity contribution < 1.29 is 0 Å². The number of rotatable bonds is 15. The van der Waals surface area contributed by atoms with E-state index in [-0.39, 0.29) is 11.8 Å². The molecule has 0 bridgehead atoms. The third-order valence-electron chi connectivity index (χ3n) is 4.20. The number of thioether (sulfide) groups is 1. The molecule has 8 nitrogen and oxygen atoms in total. The summed E-state index contributed by atoms with van der Waals surface area (Å²) in [7, 11) is 0. The fourth-order valence-electron chi connectivity index (χ4n) is 2.61. The molecule has 0 fully saturated rings. The zero-order valence-corrected chi connectivity index (χ0v) is 18.0. The number of nitrogens with one attached hydrogen (secondary N) is 2. The largest absolute Gasteiger partial charge is 0.384 e. The fourth-order valence-corrected chi connectivity index (χ4v) is 3.45. The monoisotopic (exact) mass is 420 g/mol. The summed E-state index contributed by atoms with van der Waals surface area (Å²) in [6, 6.07) is 7.73. The first-order chi connectivity index (χ1) is 14.0. The average Bonchev–Trinajstić information content (AvgIpc) is 2.69. The number of benzene rings is 1. The number of nitrogens with zero attached hydrogens (tertiary/aromatic N) is 2. The molecule has 1 aromatic rings. The van der Waals surface area contributed by atoms with E-state index in [4.69, 9.17) is 28.3 Å². The summed E-state index contributed by atoms with van der Waals surface area (Å²) in [6.07, 6.45) is 7.85. The Morgan fingerprint density at radius 2 is 1.45 bits per heavy atom. The Morgan fingerprint density at radius 3 is 2.10 bits per heavy atom. The van der Waals surface area contributed by atoms with E-state index in [0.29, 0.717) is 12.5 Å². The van der Waals surface area contributed by atoms with Crippen LogP contribution >= 0.6 is 11.8 Å². The maximum Gasteiger partial charge on any atom is 0.188 e. The summed E-state index contributed by atoms with van der Waals surface area (Å²) in [5.74, 6) is 1.77. The van der Waals surface area contributed by atoms with Gasteiger partial charge in [-0.05, 0) is 37.1 Å². The molecule has 162 valence electrons. The highest BCUT2D eigenvalue weighted by Gasteiger charge is 1.98. The van der Waals surface area contributed by atoms with Crippen LogP contribution in [0, 0.1) is 5.41 Å². The normalized spacial score (nSPS) is 11.2. The van der Waals surface area contributed by atoms with Crippen LogP contribution in [-0.4, -0.2) is 43.1 Å². The summed E-state index contributed by atoms with van der Waals surface area (Å²) in [5.41, 5.74) is 22.7. The molecular formula is C20H36N8S. The summed E-state index contributed by atoms with van der Waals surface area (Å²) >= 11 is 1.77. The van der Waals surface area contributed by atoms with Gasteiger partial charge in [-0.15, -0.1) is 11.8 Å². The minimum atomic E-state index is 0.0957. The quantitative estimate of drug-likeness (QED) is 0.110. The zero-order chi connectivity index (χ0) is 21.3. The van der Waals surface area contributed by atoms with Crippen molar-refractivity contribution in [2.75, 3.05) is 25.4 Å². The van der Waals surface area contributed by atoms with Crippen LogP contribution in [0.2, 0.25) is 0 Å². The SMILES string of the molecule is N=C(N)c1ccc(SCCCN=C(N)NCCCCCCCCN=C(N)N)cc1. The molecule has 0 saturated heterocycles. The van der Waals surface area contributed by atoms with Crippen molar-refractivity contribution in [3.05, 3.63) is 29.8 Å². The Bertz CT molecular complexity index is 638. The van der Waals surface area contributed by atoms with Gasteiger partial charge in [0.15, 0.2) is 11.9 Å². The van der Waals surface area contributed by atoms with E-state index in [1.54, 1.807) is 11.8 Å². The van der Waals surface area contributed by atoms with Crippen molar-refractivity contribution in [2.45, 2.75) is 49.8 Å². The lowest BCUT2D eigenvalue weighted by molar-refractivity contribution is 0.592. The minimum Gasteiger partial charge on any atom is -0.384 e. The van der Waals surface area contributed by atoms with E-state index < -0.39 is 0 Å². The van der Waals surface area contributed by atoms with Gasteiger partial charge in [0, 0.05) is 30.1 Å². The number of guanidine groups is 2. The number of unbranched alkanes of at least 4 members (excludes halogenated alkanes) is 5. The molecule has 1 rings (SSSR count). The van der Waals surface area contributed by atoms with Gasteiger partial charge in [0.2, 0.25) is 0 Å². The molecule has 0 unspecified atom stereocenters. The van der Waals surface area contributed by atoms with Crippen LogP contribution in [-0.2, 0) is 0 Å². The summed E-state index contributed by atoms with van der Waals surface area (Å²) in [5, 5.41) is 10.6. The van der Waals surface area contributed by atoms with E-state index in [1.807, 2.05) is 24.3 Å². The molecule has 10 N–H and O–H groups in total. The van der Waals surface area contributed by atoms with Gasteiger partial charge in [-0.1, -0.05) is 37.8 Å². The van der Waals surface area contributed by atoms with Crippen LogP contribution in [0.4, 0.5) is 0 Å². The minimum absolute atomic E-state index is 0.0957. The second-order valence-corrected chi connectivity index (χ2v) is 7.93. The Labute approximate surface area is 178 Å². The van der Waals surface area contributed by atoms with Crippen LogP contribution < -0.4 is 28.3 Å². The first kappa shape index (κ1) is 24.6. The zero-order valence-electron chi connectivity index (χ0n) is 17.2. The van der Waals surface area contributed by atoms with Crippen molar-refractivity contribution >= 4 is 29.5 Å². The third kappa shape index (κ3) is 13.4. The van der Waals surface area contributed by atoms with Crippen LogP contribution in [0.25, 0.3) is 0 Å². The molecule has 1 aromatic carbocycles. The van der Waals surface area contributed by atoms with Gasteiger partial charge in [-0.25, -0.2) is 0 Å². The summed E-state index contributed by atoms with van der Waals surface area (Å²) in [4.78, 5) is 9.51. The van der Waals surface area contributed by atoms with E-state index >= 15 is 0 Å². The van der Waals surface area contributed by atoms with E-state index in [0.717, 1.165) is 50.1 Å². The molecular weight excluding hydrogens is 384 g/mol. The lowest BCUT2D eigenvalue weighted by atomic mass is 10.1. The van der Waals surface area contributed by atoms with Crippen molar-refractivity contribution in [1.82, 2.24) is 5.32 Å². The van der Waals surface area contributed by atoms with Gasteiger partial charge in [0.25, 0.3) is 0 Å². The predicted molar refractivity (Wildman–Crippen MR) is 126 cm³/mol. The topological polar surface area (TPSA) is 165 Å². The lowest BCUT2D eigenvalue weighted by Crippen LogP contribution is -2.32. The van der Waals surface area contributed by atoms with Crippen LogP contribution in [0.15, 0.2) is 39.1 Å². The standard InChI is InChI=1S/C20H36N8S/c21-18(22)16-8-10-17(11-9-16)29-15-7-14-28-20(25)27-13-6-4-2-1-3-5-12-26-19(23)24/h8-11H,1-7,12-15H2,(H3,21,22)(H4,23,24,26)(H3,25,27,28). The number of amidine groups is 1. The van der Waals surface area contributed by atoms with Gasteiger partial charge < -0.3 is 28.3 Å². The van der Waals surface area contributed by atoms with Crippen LogP contribution in [0.1, 0.15) is 50.5 Å². The second kappa shape index (κ2) is 15.5. The first-order valence-corrected chi connectivity index (χ1v) is 11.1. The van der Waals surface area contributed by atoms with Gasteiger partial charge in [-0.3, -0.25) is 15.4 Å². The molecule has 0 amide bonds. The van der Waals surface area contributed by atoms with Crippen LogP contribution in [0.5, 0.6) is 0 Å². The van der Waals surface area contributed by atoms with Crippen molar-refractivity contribution in [3.63, 3.8) is 0 Å². The fraction of sp³-hybridized carbons (Fsp3) is 0.550. The molecule has 0 spiro atoms. The Morgan fingerprint density at radius 1 is 0.828 bits per heavy atom. The Balaban J connectivity index is 1.97. The highest BCUT2D eigenvalue weighted by molar-refractivity contribution is 7.99. The molecule has 0 aliphatic carbocycles. The number of aliphatic imine (C=N–C) groups is 2. The van der Waals surface area contributed by atoms with Gasteiger partial charge in [-0.2, -0.15) is 0 Å². The predicted octanol–water partition coefficient (Wildman–Crippen LogP) is 1.97. The smallest absolute Gasteiger partial charge is 0.188 e. The average molecular weight is 421 g/mol. The first-order valence-electron chi connectivity index (χ1n) is 10.2. The van der Waals surface area contributed by atoms with Crippen molar-refractivity contribution in [3.8, 4) is 0 Å². The summed E-state index contributed by atoms with van der Waals surface area (Å²) < 4.78 is 0. The van der Waals surface area contributed by atoms with E-state index in [9.17, 15) is 0 Å². The van der Waals surface area contributed by atoms with E-state index in [2.05, 4.69) is 15.3 Å². The number of hydrogen-bond acceptors (Lipinski definition) is 4. The number of hydrogen-bond donors (Lipinski definition) is 6. The maximum atomic E-state index is 7.39. The third-order valence-corrected chi connectivity index (χ3v) is 5.30. The number of nitrogen functional groups attached to an aromatic ring is 1. The van der Waals surface area contributed by atoms with Crippen LogP contribution in [0.3, 0.4) is 0 Å². The van der Waals surface area contributed by atoms with Crippen molar-refractivity contribution in [2.24, 2.45) is 32.9 Å². The molecule has 29 heavy (non-hydrogen) atoms.